The lowest BCUT2D eigenvalue weighted by molar-refractivity contribution is 0.0577. The second kappa shape index (κ2) is 6.91. The highest BCUT2D eigenvalue weighted by molar-refractivity contribution is 7.89. The van der Waals surface area contributed by atoms with Gasteiger partial charge in [0.1, 0.15) is 10.7 Å². The summed E-state index contributed by atoms with van der Waals surface area (Å²) in [5, 5.41) is 3.28. The Morgan fingerprint density at radius 2 is 2.14 bits per heavy atom. The number of hydrogen-bond acceptors (Lipinski definition) is 6. The van der Waals surface area contributed by atoms with Gasteiger partial charge in [-0.05, 0) is 44.5 Å². The number of sulfonamides is 1. The molecule has 0 aromatic carbocycles. The van der Waals surface area contributed by atoms with Crippen molar-refractivity contribution in [1.29, 1.82) is 0 Å². The molecule has 8 heteroatoms. The molecule has 2 heterocycles. The molecule has 0 unspecified atom stereocenters. The highest BCUT2D eigenvalue weighted by Crippen LogP contribution is 2.29. The summed E-state index contributed by atoms with van der Waals surface area (Å²) in [6.45, 7) is 4.36. The Bertz CT molecular complexity index is 607. The first-order valence-electron chi connectivity index (χ1n) is 7.30. The monoisotopic (exact) mass is 328 g/mol. The van der Waals surface area contributed by atoms with Crippen LogP contribution in [-0.4, -0.2) is 46.8 Å². The second-order valence-electron chi connectivity index (χ2n) is 5.90. The van der Waals surface area contributed by atoms with Crippen LogP contribution in [0.3, 0.4) is 0 Å². The number of hydrogen-bond donors (Lipinski definition) is 3. The number of piperidine rings is 1. The van der Waals surface area contributed by atoms with Gasteiger partial charge in [-0.1, -0.05) is 0 Å². The Morgan fingerprint density at radius 1 is 1.45 bits per heavy atom. The molecule has 0 aliphatic carbocycles. The summed E-state index contributed by atoms with van der Waals surface area (Å²) in [6.07, 6.45) is 3.28. The van der Waals surface area contributed by atoms with Crippen LogP contribution in [0.25, 0.3) is 0 Å². The van der Waals surface area contributed by atoms with Crippen LogP contribution >= 0.6 is 0 Å². The van der Waals surface area contributed by atoms with Gasteiger partial charge < -0.3 is 15.8 Å². The first-order chi connectivity index (χ1) is 10.4. The fourth-order valence-electron chi connectivity index (χ4n) is 2.73. The van der Waals surface area contributed by atoms with Crippen molar-refractivity contribution in [2.75, 3.05) is 39.1 Å². The third-order valence-corrected chi connectivity index (χ3v) is 5.49. The molecule has 4 N–H and O–H groups in total. The van der Waals surface area contributed by atoms with Crippen LogP contribution in [0.2, 0.25) is 0 Å². The second-order valence-corrected chi connectivity index (χ2v) is 7.64. The van der Waals surface area contributed by atoms with Crippen molar-refractivity contribution >= 4 is 15.8 Å². The summed E-state index contributed by atoms with van der Waals surface area (Å²) < 4.78 is 33.0. The lowest BCUT2D eigenvalue weighted by Gasteiger charge is -2.37. The molecular formula is C14H24N4O3S. The third kappa shape index (κ3) is 3.95. The number of nitrogen functional groups attached to an aromatic ring is 1. The van der Waals surface area contributed by atoms with Crippen LogP contribution < -0.4 is 15.8 Å². The minimum Gasteiger partial charge on any atom is -0.384 e. The quantitative estimate of drug-likeness (QED) is 0.692. The molecule has 0 atom stereocenters. The lowest BCUT2D eigenvalue weighted by atomic mass is 9.80. The van der Waals surface area contributed by atoms with Gasteiger partial charge in [0.15, 0.2) is 0 Å². The Morgan fingerprint density at radius 3 is 2.77 bits per heavy atom. The Balaban J connectivity index is 2.15. The predicted molar refractivity (Wildman–Crippen MR) is 85.0 cm³/mol. The molecule has 1 fully saturated rings. The highest BCUT2D eigenvalue weighted by atomic mass is 32.2. The van der Waals surface area contributed by atoms with Crippen molar-refractivity contribution in [3.05, 3.63) is 17.8 Å². The number of nitrogens with zero attached hydrogens (tertiary/aromatic N) is 1. The van der Waals surface area contributed by atoms with Crippen molar-refractivity contribution in [2.24, 2.45) is 5.41 Å². The zero-order chi connectivity index (χ0) is 16.2. The maximum Gasteiger partial charge on any atom is 0.244 e. The van der Waals surface area contributed by atoms with Crippen molar-refractivity contribution in [2.45, 2.75) is 24.7 Å². The molecule has 2 rings (SSSR count). The summed E-state index contributed by atoms with van der Waals surface area (Å²) in [5.41, 5.74) is 6.28. The van der Waals surface area contributed by atoms with Crippen LogP contribution in [0.4, 0.5) is 5.82 Å². The van der Waals surface area contributed by atoms with Gasteiger partial charge in [-0.3, -0.25) is 0 Å². The Kier molecular flexibility index (Phi) is 5.38. The van der Waals surface area contributed by atoms with Gasteiger partial charge in [0.05, 0.1) is 6.61 Å². The number of aromatic nitrogens is 1. The van der Waals surface area contributed by atoms with E-state index in [2.05, 4.69) is 15.0 Å². The molecule has 1 aromatic heterocycles. The number of ether oxygens (including phenoxy) is 1. The van der Waals surface area contributed by atoms with Crippen molar-refractivity contribution in [3.8, 4) is 0 Å². The van der Waals surface area contributed by atoms with Crippen molar-refractivity contribution in [1.82, 2.24) is 15.0 Å². The highest BCUT2D eigenvalue weighted by Gasteiger charge is 2.34. The molecular weight excluding hydrogens is 304 g/mol. The lowest BCUT2D eigenvalue weighted by Crippen LogP contribution is -2.47. The number of pyridine rings is 1. The van der Waals surface area contributed by atoms with Crippen molar-refractivity contribution < 1.29 is 13.2 Å². The van der Waals surface area contributed by atoms with Crippen LogP contribution in [0, 0.1) is 12.3 Å². The molecule has 0 bridgehead atoms. The number of anilines is 1. The van der Waals surface area contributed by atoms with Gasteiger partial charge in [-0.2, -0.15) is 0 Å². The van der Waals surface area contributed by atoms with Crippen LogP contribution in [0.1, 0.15) is 18.4 Å². The molecule has 7 nitrogen and oxygen atoms in total. The van der Waals surface area contributed by atoms with Gasteiger partial charge >= 0.3 is 0 Å². The van der Waals surface area contributed by atoms with E-state index in [1.807, 2.05) is 0 Å². The Labute approximate surface area is 131 Å². The number of aryl methyl sites for hydroxylation is 1. The molecule has 0 spiro atoms. The van der Waals surface area contributed by atoms with Crippen LogP contribution in [0.15, 0.2) is 17.2 Å². The summed E-state index contributed by atoms with van der Waals surface area (Å²) in [7, 11) is -2.04. The Hall–Kier alpha value is -1.22. The SMILES string of the molecule is COCC1(CNS(=O)(=O)c2cc(C)cnc2N)CCNCC1. The molecule has 1 saturated heterocycles. The first-order valence-corrected chi connectivity index (χ1v) is 8.78. The zero-order valence-corrected chi connectivity index (χ0v) is 13.9. The molecule has 0 saturated carbocycles. The van der Waals surface area contributed by atoms with E-state index in [1.54, 1.807) is 20.2 Å². The third-order valence-electron chi connectivity index (χ3n) is 4.06. The minimum absolute atomic E-state index is 0.0178. The fraction of sp³-hybridized carbons (Fsp3) is 0.643. The number of nitrogens with two attached hydrogens (primary N) is 1. The maximum atomic E-state index is 12.5. The van der Waals surface area contributed by atoms with E-state index in [0.29, 0.717) is 13.2 Å². The summed E-state index contributed by atoms with van der Waals surface area (Å²) in [5.74, 6) is 0.0178. The largest absolute Gasteiger partial charge is 0.384 e. The van der Waals surface area contributed by atoms with Crippen LogP contribution in [-0.2, 0) is 14.8 Å². The molecule has 0 radical (unpaired) electrons. The average Bonchev–Trinajstić information content (AvgIpc) is 2.49. The molecule has 0 amide bonds. The molecule has 124 valence electrons. The summed E-state index contributed by atoms with van der Waals surface area (Å²) in [6, 6.07) is 1.54. The predicted octanol–water partition coefficient (Wildman–Crippen LogP) is 0.267. The van der Waals surface area contributed by atoms with Crippen LogP contribution in [0.5, 0.6) is 0 Å². The number of nitrogens with one attached hydrogen (secondary N) is 2. The maximum absolute atomic E-state index is 12.5. The molecule has 1 aliphatic heterocycles. The molecule has 22 heavy (non-hydrogen) atoms. The average molecular weight is 328 g/mol. The van der Waals surface area contributed by atoms with Crippen molar-refractivity contribution in [3.63, 3.8) is 0 Å². The van der Waals surface area contributed by atoms with Gasteiger partial charge in [-0.25, -0.2) is 18.1 Å². The standard InChI is InChI=1S/C14H24N4O3S/c1-11-7-12(13(15)17-8-11)22(19,20)18-9-14(10-21-2)3-5-16-6-4-14/h7-8,16,18H,3-6,9-10H2,1-2H3,(H2,15,17). The topological polar surface area (TPSA) is 106 Å². The number of methoxy groups -OCH3 is 1. The number of rotatable bonds is 6. The van der Waals surface area contributed by atoms with E-state index in [9.17, 15) is 8.42 Å². The smallest absolute Gasteiger partial charge is 0.244 e. The van der Waals surface area contributed by atoms with E-state index in [0.717, 1.165) is 31.5 Å². The van der Waals surface area contributed by atoms with E-state index in [4.69, 9.17) is 10.5 Å². The first kappa shape index (κ1) is 17.1. The van der Waals surface area contributed by atoms with E-state index >= 15 is 0 Å². The molecule has 1 aromatic rings. The summed E-state index contributed by atoms with van der Waals surface area (Å²) >= 11 is 0. The van der Waals surface area contributed by atoms with Gasteiger partial charge in [0.2, 0.25) is 10.0 Å². The van der Waals surface area contributed by atoms with Gasteiger partial charge in [-0.15, -0.1) is 0 Å². The van der Waals surface area contributed by atoms with Gasteiger partial charge in [0, 0.05) is 25.3 Å². The van der Waals surface area contributed by atoms with E-state index in [1.165, 1.54) is 6.07 Å². The molecule has 1 aliphatic rings. The van der Waals surface area contributed by atoms with Gasteiger partial charge in [0.25, 0.3) is 0 Å². The minimum atomic E-state index is -3.68. The zero-order valence-electron chi connectivity index (χ0n) is 13.1. The summed E-state index contributed by atoms with van der Waals surface area (Å²) in [4.78, 5) is 3.95. The van der Waals surface area contributed by atoms with E-state index in [-0.39, 0.29) is 16.1 Å². The van der Waals surface area contributed by atoms with E-state index < -0.39 is 10.0 Å². The normalized spacial score (nSPS) is 18.3. The fourth-order valence-corrected chi connectivity index (χ4v) is 4.05.